The maximum absolute atomic E-state index is 11.5. The number of aromatic amines is 1. The van der Waals surface area contributed by atoms with Gasteiger partial charge in [-0.05, 0) is 31.2 Å². The van der Waals surface area contributed by atoms with Crippen molar-refractivity contribution >= 4 is 11.6 Å². The third-order valence-electron chi connectivity index (χ3n) is 2.70. The molecule has 0 radical (unpaired) electrons. The zero-order valence-corrected chi connectivity index (χ0v) is 11.9. The largest absolute Gasteiger partial charge is 0.493 e. The maximum Gasteiger partial charge on any atom is 0.251 e. The zero-order valence-electron chi connectivity index (χ0n) is 11.1. The zero-order chi connectivity index (χ0) is 14.5. The summed E-state index contributed by atoms with van der Waals surface area (Å²) in [6.07, 6.45) is 0.498. The number of ether oxygens (including phenoxy) is 1. The Morgan fingerprint density at radius 2 is 2.10 bits per heavy atom. The Labute approximate surface area is 121 Å². The van der Waals surface area contributed by atoms with E-state index >= 15 is 0 Å². The summed E-state index contributed by atoms with van der Waals surface area (Å²) < 4.78 is 5.55. The van der Waals surface area contributed by atoms with E-state index in [2.05, 4.69) is 9.97 Å². The third kappa shape index (κ3) is 4.08. The van der Waals surface area contributed by atoms with Crippen molar-refractivity contribution < 1.29 is 4.74 Å². The van der Waals surface area contributed by atoms with Crippen LogP contribution in [-0.4, -0.2) is 16.6 Å². The minimum absolute atomic E-state index is 0.200. The molecule has 0 saturated carbocycles. The lowest BCUT2D eigenvalue weighted by atomic mass is 10.2. The Morgan fingerprint density at radius 3 is 2.75 bits per heavy atom. The van der Waals surface area contributed by atoms with Crippen LogP contribution in [0.5, 0.6) is 5.75 Å². The molecule has 1 atom stereocenters. The highest BCUT2D eigenvalue weighted by Crippen LogP contribution is 2.15. The summed E-state index contributed by atoms with van der Waals surface area (Å²) in [5.74, 6) is 1.29. The van der Waals surface area contributed by atoms with Gasteiger partial charge in [-0.2, -0.15) is 0 Å². The second-order valence-corrected chi connectivity index (χ2v) is 4.89. The molecule has 5 nitrogen and oxygen atoms in total. The molecule has 1 aromatic heterocycles. The lowest BCUT2D eigenvalue weighted by Gasteiger charge is -2.08. The molecule has 20 heavy (non-hydrogen) atoms. The van der Waals surface area contributed by atoms with Gasteiger partial charge in [0.05, 0.1) is 12.3 Å². The Morgan fingerprint density at radius 1 is 1.40 bits per heavy atom. The number of hydrogen-bond donors (Lipinski definition) is 2. The van der Waals surface area contributed by atoms with Crippen molar-refractivity contribution in [3.63, 3.8) is 0 Å². The van der Waals surface area contributed by atoms with Crippen LogP contribution in [0.15, 0.2) is 35.1 Å². The first-order valence-corrected chi connectivity index (χ1v) is 6.66. The fourth-order valence-electron chi connectivity index (χ4n) is 1.68. The smallest absolute Gasteiger partial charge is 0.251 e. The molecule has 1 unspecified atom stereocenters. The first-order chi connectivity index (χ1) is 9.54. The molecule has 2 aromatic rings. The Balaban J connectivity index is 1.97. The van der Waals surface area contributed by atoms with Gasteiger partial charge in [0.25, 0.3) is 5.56 Å². The number of hydrogen-bond acceptors (Lipinski definition) is 4. The van der Waals surface area contributed by atoms with Gasteiger partial charge < -0.3 is 15.5 Å². The van der Waals surface area contributed by atoms with Gasteiger partial charge in [-0.1, -0.05) is 11.6 Å². The molecule has 106 valence electrons. The van der Waals surface area contributed by atoms with E-state index in [-0.39, 0.29) is 11.6 Å². The topological polar surface area (TPSA) is 81.0 Å². The van der Waals surface area contributed by atoms with Gasteiger partial charge in [0.15, 0.2) is 0 Å². The molecule has 0 aliphatic heterocycles. The van der Waals surface area contributed by atoms with E-state index < -0.39 is 0 Å². The van der Waals surface area contributed by atoms with Crippen molar-refractivity contribution in [2.75, 3.05) is 6.61 Å². The summed E-state index contributed by atoms with van der Waals surface area (Å²) >= 11 is 5.79. The lowest BCUT2D eigenvalue weighted by Crippen LogP contribution is -2.18. The van der Waals surface area contributed by atoms with Gasteiger partial charge in [0, 0.05) is 23.6 Å². The molecule has 1 aromatic carbocycles. The maximum atomic E-state index is 11.5. The van der Waals surface area contributed by atoms with Crippen molar-refractivity contribution in [2.24, 2.45) is 5.73 Å². The van der Waals surface area contributed by atoms with Gasteiger partial charge in [0.2, 0.25) is 0 Å². The van der Waals surface area contributed by atoms with Gasteiger partial charge >= 0.3 is 0 Å². The molecule has 0 aliphatic rings. The van der Waals surface area contributed by atoms with E-state index in [1.165, 1.54) is 6.07 Å². The number of rotatable bonds is 5. The fourth-order valence-corrected chi connectivity index (χ4v) is 1.80. The Hall–Kier alpha value is -1.85. The molecular formula is C14H16ClN3O2. The lowest BCUT2D eigenvalue weighted by molar-refractivity contribution is 0.318. The standard InChI is InChI=1S/C14H16ClN3O2/c1-9(16)12-8-14(19)18-13(17-12)6-7-20-11-4-2-10(15)3-5-11/h2-5,8-9H,6-7,16H2,1H3,(H,17,18,19). The number of nitrogens with zero attached hydrogens (tertiary/aromatic N) is 1. The van der Waals surface area contributed by atoms with Crippen LogP contribution in [0.25, 0.3) is 0 Å². The van der Waals surface area contributed by atoms with E-state index in [9.17, 15) is 4.79 Å². The first kappa shape index (κ1) is 14.6. The fraction of sp³-hybridized carbons (Fsp3) is 0.286. The summed E-state index contributed by atoms with van der Waals surface area (Å²) in [5.41, 5.74) is 6.11. The number of H-pyrrole nitrogens is 1. The number of nitrogens with one attached hydrogen (secondary N) is 1. The Bertz CT molecular complexity index is 623. The number of aromatic nitrogens is 2. The summed E-state index contributed by atoms with van der Waals surface area (Å²) in [5, 5.41) is 0.660. The van der Waals surface area contributed by atoms with Crippen molar-refractivity contribution in [1.29, 1.82) is 0 Å². The van der Waals surface area contributed by atoms with E-state index in [4.69, 9.17) is 22.1 Å². The third-order valence-corrected chi connectivity index (χ3v) is 2.95. The van der Waals surface area contributed by atoms with Crippen LogP contribution < -0.4 is 16.0 Å². The molecule has 6 heteroatoms. The summed E-state index contributed by atoms with van der Waals surface area (Å²) in [4.78, 5) is 18.5. The van der Waals surface area contributed by atoms with Gasteiger partial charge in [0.1, 0.15) is 11.6 Å². The minimum Gasteiger partial charge on any atom is -0.493 e. The van der Waals surface area contributed by atoms with Gasteiger partial charge in [-0.15, -0.1) is 0 Å². The summed E-state index contributed by atoms with van der Waals surface area (Å²) in [7, 11) is 0. The minimum atomic E-state index is -0.270. The Kier molecular flexibility index (Phi) is 4.76. The molecular weight excluding hydrogens is 278 g/mol. The van der Waals surface area contributed by atoms with Crippen LogP contribution in [-0.2, 0) is 6.42 Å². The van der Waals surface area contributed by atoms with Crippen LogP contribution in [0.4, 0.5) is 0 Å². The molecule has 0 fully saturated rings. The molecule has 1 heterocycles. The quantitative estimate of drug-likeness (QED) is 0.884. The first-order valence-electron chi connectivity index (χ1n) is 6.28. The number of benzene rings is 1. The van der Waals surface area contributed by atoms with E-state index in [1.54, 1.807) is 31.2 Å². The highest BCUT2D eigenvalue weighted by molar-refractivity contribution is 6.30. The molecule has 3 N–H and O–H groups in total. The van der Waals surface area contributed by atoms with Gasteiger partial charge in [-0.25, -0.2) is 4.98 Å². The highest BCUT2D eigenvalue weighted by atomic mass is 35.5. The monoisotopic (exact) mass is 293 g/mol. The van der Waals surface area contributed by atoms with Crippen molar-refractivity contribution in [2.45, 2.75) is 19.4 Å². The van der Waals surface area contributed by atoms with Crippen molar-refractivity contribution in [1.82, 2.24) is 9.97 Å². The average Bonchev–Trinajstić information content (AvgIpc) is 2.40. The van der Waals surface area contributed by atoms with Crippen LogP contribution in [0.1, 0.15) is 24.5 Å². The molecule has 0 amide bonds. The van der Waals surface area contributed by atoms with E-state index in [0.29, 0.717) is 29.6 Å². The molecule has 0 aliphatic carbocycles. The highest BCUT2D eigenvalue weighted by Gasteiger charge is 2.05. The molecule has 0 saturated heterocycles. The number of nitrogens with two attached hydrogens (primary N) is 1. The van der Waals surface area contributed by atoms with Crippen molar-refractivity contribution in [3.8, 4) is 5.75 Å². The average molecular weight is 294 g/mol. The normalized spacial score (nSPS) is 12.2. The molecule has 0 bridgehead atoms. The van der Waals surface area contributed by atoms with Crippen LogP contribution in [0.2, 0.25) is 5.02 Å². The molecule has 2 rings (SSSR count). The van der Waals surface area contributed by atoms with Crippen LogP contribution >= 0.6 is 11.6 Å². The second-order valence-electron chi connectivity index (χ2n) is 4.46. The van der Waals surface area contributed by atoms with E-state index in [0.717, 1.165) is 5.75 Å². The van der Waals surface area contributed by atoms with Crippen LogP contribution in [0, 0.1) is 0 Å². The van der Waals surface area contributed by atoms with E-state index in [1.807, 2.05) is 0 Å². The van der Waals surface area contributed by atoms with Crippen LogP contribution in [0.3, 0.4) is 0 Å². The summed E-state index contributed by atoms with van der Waals surface area (Å²) in [6, 6.07) is 8.23. The summed E-state index contributed by atoms with van der Waals surface area (Å²) in [6.45, 7) is 2.20. The SMILES string of the molecule is CC(N)c1cc(=O)[nH]c(CCOc2ccc(Cl)cc2)n1. The predicted molar refractivity (Wildman–Crippen MR) is 78.1 cm³/mol. The molecule has 0 spiro atoms. The number of halogens is 1. The van der Waals surface area contributed by atoms with Gasteiger partial charge in [-0.3, -0.25) is 4.79 Å². The van der Waals surface area contributed by atoms with Crippen molar-refractivity contribution in [3.05, 3.63) is 57.2 Å². The second kappa shape index (κ2) is 6.54. The predicted octanol–water partition coefficient (Wildman–Crippen LogP) is 2.06.